The number of H-pyrrole nitrogens is 1. The number of rotatable bonds is 8. The summed E-state index contributed by atoms with van der Waals surface area (Å²) in [5.41, 5.74) is 1.97. The molecule has 0 aliphatic heterocycles. The van der Waals surface area contributed by atoms with Crippen LogP contribution >= 0.6 is 23.5 Å². The van der Waals surface area contributed by atoms with Crippen molar-refractivity contribution in [2.75, 3.05) is 17.7 Å². The number of anilines is 1. The Balaban J connectivity index is 1.62. The van der Waals surface area contributed by atoms with Crippen molar-refractivity contribution in [3.05, 3.63) is 42.5 Å². The molecule has 0 radical (unpaired) electrons. The number of carbonyl (C=O) groups excluding carboxylic acids is 1. The molecule has 3 rings (SSSR count). The highest BCUT2D eigenvalue weighted by Crippen LogP contribution is 2.32. The summed E-state index contributed by atoms with van der Waals surface area (Å²) < 4.78 is 30.7. The molecule has 0 aliphatic rings. The van der Waals surface area contributed by atoms with Crippen LogP contribution in [0.25, 0.3) is 11.0 Å². The molecule has 0 bridgehead atoms. The molecule has 0 saturated heterocycles. The summed E-state index contributed by atoms with van der Waals surface area (Å²) in [4.78, 5) is 20.1. The molecule has 0 spiro atoms. The third-order valence-electron chi connectivity index (χ3n) is 3.46. The highest BCUT2D eigenvalue weighted by Gasteiger charge is 2.13. The van der Waals surface area contributed by atoms with E-state index in [0.29, 0.717) is 34.1 Å². The molecular formula is C18H17F2N3O2S2. The zero-order chi connectivity index (χ0) is 19.2. The number of aromatic amines is 1. The maximum Gasteiger partial charge on any atom is 0.288 e. The minimum absolute atomic E-state index is 0.103. The van der Waals surface area contributed by atoms with Crippen LogP contribution in [0.3, 0.4) is 0 Å². The molecule has 0 saturated carbocycles. The quantitative estimate of drug-likeness (QED) is 0.512. The van der Waals surface area contributed by atoms with Crippen molar-refractivity contribution in [2.45, 2.75) is 22.7 Å². The number of nitrogens with zero attached hydrogens (tertiary/aromatic N) is 1. The molecule has 1 amide bonds. The van der Waals surface area contributed by atoms with Gasteiger partial charge < -0.3 is 15.0 Å². The molecule has 142 valence electrons. The third-order valence-corrected chi connectivity index (χ3v) is 5.12. The number of imidazole rings is 1. The van der Waals surface area contributed by atoms with Crippen LogP contribution < -0.4 is 10.1 Å². The highest BCUT2D eigenvalue weighted by atomic mass is 32.2. The van der Waals surface area contributed by atoms with Gasteiger partial charge in [0.05, 0.1) is 29.1 Å². The van der Waals surface area contributed by atoms with Crippen molar-refractivity contribution < 1.29 is 18.3 Å². The van der Waals surface area contributed by atoms with E-state index in [1.165, 1.54) is 11.8 Å². The number of hydrogen-bond donors (Lipinski definition) is 2. The Morgan fingerprint density at radius 1 is 1.30 bits per heavy atom. The monoisotopic (exact) mass is 409 g/mol. The normalized spacial score (nSPS) is 11.1. The fourth-order valence-corrected chi connectivity index (χ4v) is 3.66. The molecule has 9 heteroatoms. The molecular weight excluding hydrogens is 392 g/mol. The maximum atomic E-state index is 12.6. The van der Waals surface area contributed by atoms with Gasteiger partial charge >= 0.3 is 0 Å². The van der Waals surface area contributed by atoms with Crippen LogP contribution in [0, 0.1) is 0 Å². The predicted octanol–water partition coefficient (Wildman–Crippen LogP) is 5.01. The van der Waals surface area contributed by atoms with Crippen molar-refractivity contribution in [1.82, 2.24) is 9.97 Å². The van der Waals surface area contributed by atoms with Crippen molar-refractivity contribution in [3.63, 3.8) is 0 Å². The first-order valence-electron chi connectivity index (χ1n) is 8.14. The SMILES string of the molecule is CCOc1ccc2nc(SCC(=O)Nc3ccccc3SC(F)F)[nH]c2c1. The van der Waals surface area contributed by atoms with E-state index in [1.807, 2.05) is 25.1 Å². The Hall–Kier alpha value is -2.26. The number of aromatic nitrogens is 2. The first-order chi connectivity index (χ1) is 13.0. The Bertz CT molecular complexity index is 934. The first kappa shape index (κ1) is 19.5. The zero-order valence-corrected chi connectivity index (χ0v) is 16.0. The van der Waals surface area contributed by atoms with Crippen molar-refractivity contribution in [3.8, 4) is 5.75 Å². The number of carbonyl (C=O) groups is 1. The van der Waals surface area contributed by atoms with Crippen LogP contribution in [-0.2, 0) is 4.79 Å². The number of thioether (sulfide) groups is 2. The fraction of sp³-hybridized carbons (Fsp3) is 0.222. The first-order valence-corrected chi connectivity index (χ1v) is 10.0. The van der Waals surface area contributed by atoms with E-state index in [9.17, 15) is 13.6 Å². The lowest BCUT2D eigenvalue weighted by atomic mass is 10.3. The van der Waals surface area contributed by atoms with E-state index in [-0.39, 0.29) is 11.7 Å². The molecule has 27 heavy (non-hydrogen) atoms. The summed E-state index contributed by atoms with van der Waals surface area (Å²) in [7, 11) is 0. The smallest absolute Gasteiger partial charge is 0.288 e. The van der Waals surface area contributed by atoms with Gasteiger partial charge in [0.1, 0.15) is 5.75 Å². The minimum Gasteiger partial charge on any atom is -0.494 e. The lowest BCUT2D eigenvalue weighted by molar-refractivity contribution is -0.113. The van der Waals surface area contributed by atoms with Crippen LogP contribution in [-0.4, -0.2) is 34.0 Å². The second kappa shape index (κ2) is 9.09. The van der Waals surface area contributed by atoms with Gasteiger partial charge in [-0.15, -0.1) is 0 Å². The molecule has 0 fully saturated rings. The van der Waals surface area contributed by atoms with Crippen LogP contribution in [0.4, 0.5) is 14.5 Å². The molecule has 1 heterocycles. The number of fused-ring (bicyclic) bond motifs is 1. The van der Waals surface area contributed by atoms with Gasteiger partial charge in [-0.3, -0.25) is 4.79 Å². The van der Waals surface area contributed by atoms with Gasteiger partial charge in [0.25, 0.3) is 5.76 Å². The van der Waals surface area contributed by atoms with E-state index in [2.05, 4.69) is 15.3 Å². The molecule has 3 aromatic rings. The van der Waals surface area contributed by atoms with Crippen LogP contribution in [0.5, 0.6) is 5.75 Å². The lowest BCUT2D eigenvalue weighted by Gasteiger charge is -2.09. The number of amides is 1. The topological polar surface area (TPSA) is 67.0 Å². The van der Waals surface area contributed by atoms with Gasteiger partial charge in [-0.25, -0.2) is 4.98 Å². The number of para-hydroxylation sites is 1. The minimum atomic E-state index is -2.55. The Morgan fingerprint density at radius 2 is 2.11 bits per heavy atom. The summed E-state index contributed by atoms with van der Waals surface area (Å²) in [6, 6.07) is 12.0. The number of hydrogen-bond acceptors (Lipinski definition) is 5. The van der Waals surface area contributed by atoms with Gasteiger partial charge in [-0.05, 0) is 31.2 Å². The van der Waals surface area contributed by atoms with Crippen LogP contribution in [0.15, 0.2) is 52.5 Å². The van der Waals surface area contributed by atoms with Crippen molar-refractivity contribution in [1.29, 1.82) is 0 Å². The largest absolute Gasteiger partial charge is 0.494 e. The van der Waals surface area contributed by atoms with E-state index in [1.54, 1.807) is 24.3 Å². The summed E-state index contributed by atoms with van der Waals surface area (Å²) in [6.45, 7) is 2.49. The van der Waals surface area contributed by atoms with E-state index < -0.39 is 5.76 Å². The number of nitrogens with one attached hydrogen (secondary N) is 2. The number of benzene rings is 2. The summed E-state index contributed by atoms with van der Waals surface area (Å²) >= 11 is 1.64. The van der Waals surface area contributed by atoms with Crippen LogP contribution in [0.1, 0.15) is 6.92 Å². The molecule has 5 nitrogen and oxygen atoms in total. The Labute approximate surface area is 163 Å². The number of alkyl halides is 2. The molecule has 2 aromatic carbocycles. The average molecular weight is 409 g/mol. The summed E-state index contributed by atoms with van der Waals surface area (Å²) in [5, 5.41) is 3.27. The predicted molar refractivity (Wildman–Crippen MR) is 105 cm³/mol. The van der Waals surface area contributed by atoms with Crippen LogP contribution in [0.2, 0.25) is 0 Å². The van der Waals surface area contributed by atoms with E-state index in [4.69, 9.17) is 4.74 Å². The summed E-state index contributed by atoms with van der Waals surface area (Å²) in [5.74, 6) is -1.99. The van der Waals surface area contributed by atoms with Crippen molar-refractivity contribution >= 4 is 46.2 Å². The highest BCUT2D eigenvalue weighted by molar-refractivity contribution is 8.00. The molecule has 0 unspecified atom stereocenters. The Kier molecular flexibility index (Phi) is 6.57. The standard InChI is InChI=1S/C18H17F2N3O2S2/c1-2-25-11-7-8-12-14(9-11)23-18(22-12)26-10-16(24)21-13-5-3-4-6-15(13)27-17(19)20/h3-9,17H,2,10H2,1H3,(H,21,24)(H,22,23). The summed E-state index contributed by atoms with van der Waals surface area (Å²) in [6.07, 6.45) is 0. The van der Waals surface area contributed by atoms with Gasteiger partial charge in [0, 0.05) is 11.0 Å². The van der Waals surface area contributed by atoms with Crippen molar-refractivity contribution in [2.24, 2.45) is 0 Å². The van der Waals surface area contributed by atoms with Gasteiger partial charge in [-0.1, -0.05) is 35.7 Å². The lowest BCUT2D eigenvalue weighted by Crippen LogP contribution is -2.14. The fourth-order valence-electron chi connectivity index (χ4n) is 2.38. The molecule has 0 aliphatic carbocycles. The Morgan fingerprint density at radius 3 is 2.89 bits per heavy atom. The number of halogens is 2. The maximum absolute atomic E-state index is 12.6. The van der Waals surface area contributed by atoms with Gasteiger partial charge in [0.15, 0.2) is 5.16 Å². The van der Waals surface area contributed by atoms with Gasteiger partial charge in [-0.2, -0.15) is 8.78 Å². The van der Waals surface area contributed by atoms with Gasteiger partial charge in [0.2, 0.25) is 5.91 Å². The molecule has 0 atom stereocenters. The second-order valence-electron chi connectivity index (χ2n) is 5.37. The van der Waals surface area contributed by atoms with E-state index in [0.717, 1.165) is 16.8 Å². The second-order valence-corrected chi connectivity index (χ2v) is 7.36. The number of ether oxygens (including phenoxy) is 1. The molecule has 2 N–H and O–H groups in total. The third kappa shape index (κ3) is 5.36. The molecule has 1 aromatic heterocycles. The van der Waals surface area contributed by atoms with E-state index >= 15 is 0 Å². The average Bonchev–Trinajstić information content (AvgIpc) is 3.04. The zero-order valence-electron chi connectivity index (χ0n) is 14.4.